The van der Waals surface area contributed by atoms with E-state index in [-0.39, 0.29) is 26.4 Å². The van der Waals surface area contributed by atoms with Crippen LogP contribution < -0.4 is 10.6 Å². The quantitative estimate of drug-likeness (QED) is 0.498. The van der Waals surface area contributed by atoms with Crippen LogP contribution in [0.5, 0.6) is 0 Å². The molecule has 1 aromatic carbocycles. The summed E-state index contributed by atoms with van der Waals surface area (Å²) in [5.74, 6) is -1.10. The number of carbonyl (C=O) groups is 2. The number of anilines is 1. The topological polar surface area (TPSA) is 87.7 Å². The van der Waals surface area contributed by atoms with Gasteiger partial charge in [0.15, 0.2) is 0 Å². The maximum atomic E-state index is 11.9. The van der Waals surface area contributed by atoms with Crippen molar-refractivity contribution in [3.05, 3.63) is 29.8 Å². The van der Waals surface area contributed by atoms with Crippen LogP contribution in [0, 0.1) is 0 Å². The molecule has 0 fully saturated rings. The van der Waals surface area contributed by atoms with Crippen molar-refractivity contribution < 1.29 is 19.4 Å². The van der Waals surface area contributed by atoms with Crippen LogP contribution in [0.4, 0.5) is 5.69 Å². The smallest absolute Gasteiger partial charge is 0.313 e. The Balaban J connectivity index is 2.52. The van der Waals surface area contributed by atoms with Crippen LogP contribution in [0.2, 0.25) is 0 Å². The number of ether oxygens (including phenoxy) is 1. The monoisotopic (exact) mass is 308 g/mol. The SMILES string of the molecule is CCC(C)c1ccccc1NC(=O)C(=O)NCCOCCO. The average Bonchev–Trinajstić information content (AvgIpc) is 2.54. The van der Waals surface area contributed by atoms with E-state index in [1.807, 2.05) is 18.2 Å². The summed E-state index contributed by atoms with van der Waals surface area (Å²) in [6.07, 6.45) is 0.946. The van der Waals surface area contributed by atoms with Crippen molar-refractivity contribution in [3.8, 4) is 0 Å². The van der Waals surface area contributed by atoms with Gasteiger partial charge in [-0.25, -0.2) is 0 Å². The molecule has 0 saturated carbocycles. The van der Waals surface area contributed by atoms with Gasteiger partial charge in [-0.3, -0.25) is 9.59 Å². The fourth-order valence-electron chi connectivity index (χ4n) is 1.92. The minimum absolute atomic E-state index is 0.0686. The second kappa shape index (κ2) is 9.92. The van der Waals surface area contributed by atoms with Crippen LogP contribution in [-0.4, -0.2) is 43.3 Å². The van der Waals surface area contributed by atoms with Crippen LogP contribution in [0.25, 0.3) is 0 Å². The molecule has 0 radical (unpaired) electrons. The number of benzene rings is 1. The van der Waals surface area contributed by atoms with Crippen molar-refractivity contribution in [2.24, 2.45) is 0 Å². The first-order chi connectivity index (χ1) is 10.6. The van der Waals surface area contributed by atoms with E-state index in [0.29, 0.717) is 11.6 Å². The highest BCUT2D eigenvalue weighted by Gasteiger charge is 2.16. The van der Waals surface area contributed by atoms with Gasteiger partial charge in [-0.2, -0.15) is 0 Å². The minimum atomic E-state index is -0.702. The zero-order valence-corrected chi connectivity index (χ0v) is 13.1. The Kier molecular flexibility index (Phi) is 8.17. The number of aliphatic hydroxyl groups is 1. The van der Waals surface area contributed by atoms with Gasteiger partial charge in [0.1, 0.15) is 0 Å². The number of nitrogens with one attached hydrogen (secondary N) is 2. The Bertz CT molecular complexity index is 491. The molecule has 0 bridgehead atoms. The summed E-state index contributed by atoms with van der Waals surface area (Å²) < 4.78 is 5.00. The van der Waals surface area contributed by atoms with E-state index in [1.54, 1.807) is 6.07 Å². The summed E-state index contributed by atoms with van der Waals surface area (Å²) in [5, 5.41) is 13.7. The summed E-state index contributed by atoms with van der Waals surface area (Å²) >= 11 is 0. The van der Waals surface area contributed by atoms with Crippen LogP contribution in [0.3, 0.4) is 0 Å². The molecule has 22 heavy (non-hydrogen) atoms. The van der Waals surface area contributed by atoms with Gasteiger partial charge < -0.3 is 20.5 Å². The Morgan fingerprint density at radius 1 is 1.23 bits per heavy atom. The van der Waals surface area contributed by atoms with Gasteiger partial charge in [0.25, 0.3) is 0 Å². The molecule has 1 atom stereocenters. The van der Waals surface area contributed by atoms with E-state index in [9.17, 15) is 9.59 Å². The predicted molar refractivity (Wildman–Crippen MR) is 84.7 cm³/mol. The van der Waals surface area contributed by atoms with Crippen LogP contribution in [-0.2, 0) is 14.3 Å². The number of carbonyl (C=O) groups excluding carboxylic acids is 2. The van der Waals surface area contributed by atoms with Crippen LogP contribution >= 0.6 is 0 Å². The third-order valence-corrected chi connectivity index (χ3v) is 3.33. The zero-order chi connectivity index (χ0) is 16.4. The zero-order valence-electron chi connectivity index (χ0n) is 13.1. The molecule has 0 spiro atoms. The molecule has 2 amide bonds. The lowest BCUT2D eigenvalue weighted by Gasteiger charge is -2.15. The molecular formula is C16H24N2O4. The second-order valence-corrected chi connectivity index (χ2v) is 4.94. The molecule has 0 aliphatic rings. The molecule has 0 saturated heterocycles. The fourth-order valence-corrected chi connectivity index (χ4v) is 1.92. The predicted octanol–water partition coefficient (Wildman–Crippen LogP) is 1.26. The van der Waals surface area contributed by atoms with Crippen molar-refractivity contribution in [2.45, 2.75) is 26.2 Å². The third-order valence-electron chi connectivity index (χ3n) is 3.33. The van der Waals surface area contributed by atoms with Gasteiger partial charge in [-0.05, 0) is 24.0 Å². The third kappa shape index (κ3) is 5.83. The van der Waals surface area contributed by atoms with Gasteiger partial charge in [0, 0.05) is 12.2 Å². The highest BCUT2D eigenvalue weighted by Crippen LogP contribution is 2.26. The number of aliphatic hydroxyl groups excluding tert-OH is 1. The molecular weight excluding hydrogens is 284 g/mol. The molecule has 1 unspecified atom stereocenters. The Morgan fingerprint density at radius 3 is 2.64 bits per heavy atom. The average molecular weight is 308 g/mol. The minimum Gasteiger partial charge on any atom is -0.394 e. The lowest BCUT2D eigenvalue weighted by molar-refractivity contribution is -0.136. The lowest BCUT2D eigenvalue weighted by Crippen LogP contribution is -2.37. The van der Waals surface area contributed by atoms with E-state index in [2.05, 4.69) is 24.5 Å². The summed E-state index contributed by atoms with van der Waals surface area (Å²) in [6.45, 7) is 4.76. The van der Waals surface area contributed by atoms with Crippen LogP contribution in [0.15, 0.2) is 24.3 Å². The van der Waals surface area contributed by atoms with Crippen molar-refractivity contribution in [3.63, 3.8) is 0 Å². The van der Waals surface area contributed by atoms with E-state index in [1.165, 1.54) is 0 Å². The maximum absolute atomic E-state index is 11.9. The van der Waals surface area contributed by atoms with Gasteiger partial charge in [0.05, 0.1) is 19.8 Å². The maximum Gasteiger partial charge on any atom is 0.313 e. The number of rotatable bonds is 8. The molecule has 3 N–H and O–H groups in total. The first-order valence-corrected chi connectivity index (χ1v) is 7.46. The molecule has 0 aromatic heterocycles. The van der Waals surface area contributed by atoms with Gasteiger partial charge in [-0.15, -0.1) is 0 Å². The number of para-hydroxylation sites is 1. The van der Waals surface area contributed by atoms with E-state index in [4.69, 9.17) is 9.84 Å². The molecule has 0 aliphatic heterocycles. The summed E-state index contributed by atoms with van der Waals surface area (Å²) in [4.78, 5) is 23.6. The Morgan fingerprint density at radius 2 is 1.95 bits per heavy atom. The summed E-state index contributed by atoms with van der Waals surface area (Å²) in [5.41, 5.74) is 1.67. The molecule has 1 aromatic rings. The van der Waals surface area contributed by atoms with E-state index < -0.39 is 11.8 Å². The highest BCUT2D eigenvalue weighted by molar-refractivity contribution is 6.39. The molecule has 122 valence electrons. The molecule has 6 heteroatoms. The molecule has 0 aliphatic carbocycles. The summed E-state index contributed by atoms with van der Waals surface area (Å²) in [7, 11) is 0. The Hall–Kier alpha value is -1.92. The van der Waals surface area contributed by atoms with Crippen molar-refractivity contribution >= 4 is 17.5 Å². The van der Waals surface area contributed by atoms with Crippen molar-refractivity contribution in [1.82, 2.24) is 5.32 Å². The number of amides is 2. The highest BCUT2D eigenvalue weighted by atomic mass is 16.5. The molecule has 1 rings (SSSR count). The molecule has 6 nitrogen and oxygen atoms in total. The van der Waals surface area contributed by atoms with Crippen LogP contribution in [0.1, 0.15) is 31.7 Å². The van der Waals surface area contributed by atoms with E-state index in [0.717, 1.165) is 12.0 Å². The second-order valence-electron chi connectivity index (χ2n) is 4.94. The molecule has 0 heterocycles. The normalized spacial score (nSPS) is 11.8. The van der Waals surface area contributed by atoms with Gasteiger partial charge >= 0.3 is 11.8 Å². The van der Waals surface area contributed by atoms with Crippen molar-refractivity contribution in [1.29, 1.82) is 0 Å². The largest absolute Gasteiger partial charge is 0.394 e. The standard InChI is InChI=1S/C16H24N2O4/c1-3-12(2)13-6-4-5-7-14(13)18-16(21)15(20)17-8-10-22-11-9-19/h4-7,12,19H,3,8-11H2,1-2H3,(H,17,20)(H,18,21). The lowest BCUT2D eigenvalue weighted by atomic mass is 9.97. The number of hydrogen-bond donors (Lipinski definition) is 3. The van der Waals surface area contributed by atoms with E-state index >= 15 is 0 Å². The van der Waals surface area contributed by atoms with Crippen molar-refractivity contribution in [2.75, 3.05) is 31.7 Å². The fraction of sp³-hybridized carbons (Fsp3) is 0.500. The Labute approximate surface area is 130 Å². The van der Waals surface area contributed by atoms with Gasteiger partial charge in [0.2, 0.25) is 0 Å². The first-order valence-electron chi connectivity index (χ1n) is 7.46. The van der Waals surface area contributed by atoms with Gasteiger partial charge in [-0.1, -0.05) is 32.0 Å². The summed E-state index contributed by atoms with van der Waals surface area (Å²) in [6, 6.07) is 7.47. The first kappa shape index (κ1) is 18.1. The number of hydrogen-bond acceptors (Lipinski definition) is 4.